The van der Waals surface area contributed by atoms with E-state index >= 15 is 0 Å². The zero-order chi connectivity index (χ0) is 19.6. The van der Waals surface area contributed by atoms with Gasteiger partial charge in [-0.2, -0.15) is 0 Å². The van der Waals surface area contributed by atoms with E-state index in [9.17, 15) is 17.6 Å². The SMILES string of the molecule is Cc1nnc(NC(=O)c2ccc(Cl)c(S(=O)(=O)Nc3ccc(F)cc3)c2)s1. The molecule has 0 aliphatic carbocycles. The van der Waals surface area contributed by atoms with Crippen molar-refractivity contribution < 1.29 is 17.6 Å². The molecule has 140 valence electrons. The summed E-state index contributed by atoms with van der Waals surface area (Å²) in [5.74, 6) is -1.05. The van der Waals surface area contributed by atoms with Crippen LogP contribution in [-0.4, -0.2) is 24.5 Å². The Morgan fingerprint density at radius 3 is 2.48 bits per heavy atom. The molecule has 1 heterocycles. The number of anilines is 2. The highest BCUT2D eigenvalue weighted by Gasteiger charge is 2.21. The topological polar surface area (TPSA) is 101 Å². The minimum atomic E-state index is -4.09. The molecule has 0 saturated heterocycles. The number of aromatic nitrogens is 2. The van der Waals surface area contributed by atoms with E-state index in [1.54, 1.807) is 6.92 Å². The van der Waals surface area contributed by atoms with Crippen LogP contribution in [0.2, 0.25) is 5.02 Å². The van der Waals surface area contributed by atoms with E-state index in [1.165, 1.54) is 35.6 Å². The Hall–Kier alpha value is -2.56. The second-order valence-electron chi connectivity index (χ2n) is 5.34. The summed E-state index contributed by atoms with van der Waals surface area (Å²) in [5.41, 5.74) is 0.235. The van der Waals surface area contributed by atoms with E-state index in [-0.39, 0.29) is 21.2 Å². The third-order valence-electron chi connectivity index (χ3n) is 3.33. The summed E-state index contributed by atoms with van der Waals surface area (Å²) in [6.07, 6.45) is 0. The smallest absolute Gasteiger partial charge is 0.263 e. The van der Waals surface area contributed by atoms with Gasteiger partial charge in [0.25, 0.3) is 15.9 Å². The molecular weight excluding hydrogens is 415 g/mol. The number of aryl methyl sites for hydroxylation is 1. The second-order valence-corrected chi connectivity index (χ2v) is 8.58. The van der Waals surface area contributed by atoms with E-state index in [4.69, 9.17) is 11.6 Å². The van der Waals surface area contributed by atoms with Crippen LogP contribution in [0.25, 0.3) is 0 Å². The lowest BCUT2D eigenvalue weighted by Gasteiger charge is -2.11. The van der Waals surface area contributed by atoms with Gasteiger partial charge in [-0.25, -0.2) is 12.8 Å². The van der Waals surface area contributed by atoms with Gasteiger partial charge in [-0.1, -0.05) is 22.9 Å². The number of benzene rings is 2. The molecule has 11 heteroatoms. The van der Waals surface area contributed by atoms with Crippen LogP contribution >= 0.6 is 22.9 Å². The maximum Gasteiger partial charge on any atom is 0.263 e. The summed E-state index contributed by atoms with van der Waals surface area (Å²) in [5, 5.41) is 11.0. The molecule has 1 amide bonds. The van der Waals surface area contributed by atoms with Crippen molar-refractivity contribution >= 4 is 49.7 Å². The average molecular weight is 427 g/mol. The predicted octanol–water partition coefficient (Wildman–Crippen LogP) is 3.69. The molecule has 0 radical (unpaired) electrons. The standard InChI is InChI=1S/C16H12ClFN4O3S2/c1-9-20-21-16(26-9)19-15(23)10-2-7-13(17)14(8-10)27(24,25)22-12-5-3-11(18)4-6-12/h2-8,22H,1H3,(H,19,21,23). The van der Waals surface area contributed by atoms with Crippen molar-refractivity contribution in [1.29, 1.82) is 0 Å². The zero-order valence-corrected chi connectivity index (χ0v) is 16.1. The van der Waals surface area contributed by atoms with Crippen LogP contribution in [0, 0.1) is 12.7 Å². The molecule has 0 aliphatic rings. The first-order valence-electron chi connectivity index (χ1n) is 7.44. The average Bonchev–Trinajstić information content (AvgIpc) is 3.01. The summed E-state index contributed by atoms with van der Waals surface area (Å²) in [6, 6.07) is 8.63. The number of nitrogens with zero attached hydrogens (tertiary/aromatic N) is 2. The number of rotatable bonds is 5. The summed E-state index contributed by atoms with van der Waals surface area (Å²) < 4.78 is 40.5. The van der Waals surface area contributed by atoms with Crippen LogP contribution in [0.4, 0.5) is 15.2 Å². The third kappa shape index (κ3) is 4.59. The van der Waals surface area contributed by atoms with Crippen LogP contribution in [0.15, 0.2) is 47.4 Å². The van der Waals surface area contributed by atoms with Crippen molar-refractivity contribution in [1.82, 2.24) is 10.2 Å². The van der Waals surface area contributed by atoms with Gasteiger partial charge in [-0.05, 0) is 49.4 Å². The molecule has 7 nitrogen and oxygen atoms in total. The number of halogens is 2. The van der Waals surface area contributed by atoms with E-state index in [2.05, 4.69) is 20.2 Å². The lowest BCUT2D eigenvalue weighted by atomic mass is 10.2. The number of carbonyl (C=O) groups is 1. The minimum absolute atomic E-state index is 0.0621. The molecule has 3 rings (SSSR count). The maximum atomic E-state index is 13.0. The molecule has 0 aliphatic heterocycles. The first-order chi connectivity index (χ1) is 12.7. The maximum absolute atomic E-state index is 13.0. The number of hydrogen-bond acceptors (Lipinski definition) is 6. The van der Waals surface area contributed by atoms with E-state index in [0.717, 1.165) is 18.2 Å². The molecule has 0 bridgehead atoms. The first-order valence-corrected chi connectivity index (χ1v) is 10.1. The van der Waals surface area contributed by atoms with Crippen LogP contribution in [-0.2, 0) is 10.0 Å². The molecule has 0 spiro atoms. The van der Waals surface area contributed by atoms with Crippen LogP contribution in [0.3, 0.4) is 0 Å². The highest BCUT2D eigenvalue weighted by molar-refractivity contribution is 7.92. The van der Waals surface area contributed by atoms with Crippen molar-refractivity contribution in [2.24, 2.45) is 0 Å². The Balaban J connectivity index is 1.87. The lowest BCUT2D eigenvalue weighted by molar-refractivity contribution is 0.102. The molecular formula is C16H12ClFN4O3S2. The van der Waals surface area contributed by atoms with E-state index < -0.39 is 21.7 Å². The number of hydrogen-bond donors (Lipinski definition) is 2. The van der Waals surface area contributed by atoms with E-state index in [1.807, 2.05) is 0 Å². The van der Waals surface area contributed by atoms with Crippen molar-refractivity contribution in [2.75, 3.05) is 10.0 Å². The highest BCUT2D eigenvalue weighted by atomic mass is 35.5. The Morgan fingerprint density at radius 2 is 1.85 bits per heavy atom. The third-order valence-corrected chi connectivity index (χ3v) is 5.94. The molecule has 0 saturated carbocycles. The van der Waals surface area contributed by atoms with Gasteiger partial charge >= 0.3 is 0 Å². The van der Waals surface area contributed by atoms with E-state index in [0.29, 0.717) is 10.1 Å². The zero-order valence-electron chi connectivity index (χ0n) is 13.7. The molecule has 3 aromatic rings. The quantitative estimate of drug-likeness (QED) is 0.647. The number of carbonyl (C=O) groups excluding carboxylic acids is 1. The fraction of sp³-hybridized carbons (Fsp3) is 0.0625. The van der Waals surface area contributed by atoms with Gasteiger partial charge in [0, 0.05) is 11.3 Å². The second kappa shape index (κ2) is 7.59. The molecule has 0 unspecified atom stereocenters. The van der Waals surface area contributed by atoms with Crippen LogP contribution < -0.4 is 10.0 Å². The predicted molar refractivity (Wildman–Crippen MR) is 101 cm³/mol. The Labute approximate surface area is 163 Å². The van der Waals surface area contributed by atoms with Gasteiger partial charge in [-0.15, -0.1) is 10.2 Å². The molecule has 0 atom stereocenters. The molecule has 2 N–H and O–H groups in total. The molecule has 0 fully saturated rings. The molecule has 27 heavy (non-hydrogen) atoms. The summed E-state index contributed by atoms with van der Waals surface area (Å²) in [6.45, 7) is 1.74. The fourth-order valence-electron chi connectivity index (χ4n) is 2.09. The van der Waals surface area contributed by atoms with Gasteiger partial charge in [0.1, 0.15) is 15.7 Å². The van der Waals surface area contributed by atoms with Gasteiger partial charge in [0.15, 0.2) is 0 Å². The van der Waals surface area contributed by atoms with Gasteiger partial charge in [-0.3, -0.25) is 14.8 Å². The summed E-state index contributed by atoms with van der Waals surface area (Å²) in [4.78, 5) is 12.1. The Morgan fingerprint density at radius 1 is 1.15 bits per heavy atom. The number of sulfonamides is 1. The van der Waals surface area contributed by atoms with Gasteiger partial charge < -0.3 is 0 Å². The molecule has 2 aromatic carbocycles. The van der Waals surface area contributed by atoms with Crippen molar-refractivity contribution in [3.8, 4) is 0 Å². The van der Waals surface area contributed by atoms with Crippen LogP contribution in [0.1, 0.15) is 15.4 Å². The Kier molecular flexibility index (Phi) is 5.40. The monoisotopic (exact) mass is 426 g/mol. The lowest BCUT2D eigenvalue weighted by Crippen LogP contribution is -2.16. The normalized spacial score (nSPS) is 11.2. The summed E-state index contributed by atoms with van der Waals surface area (Å²) in [7, 11) is -4.09. The minimum Gasteiger partial charge on any atom is -0.296 e. The van der Waals surface area contributed by atoms with Crippen molar-refractivity contribution in [3.05, 3.63) is 63.9 Å². The van der Waals surface area contributed by atoms with Crippen LogP contribution in [0.5, 0.6) is 0 Å². The highest BCUT2D eigenvalue weighted by Crippen LogP contribution is 2.26. The van der Waals surface area contributed by atoms with Gasteiger partial charge in [0.2, 0.25) is 5.13 Å². The summed E-state index contributed by atoms with van der Waals surface area (Å²) >= 11 is 7.19. The van der Waals surface area contributed by atoms with Gasteiger partial charge in [0.05, 0.1) is 5.02 Å². The largest absolute Gasteiger partial charge is 0.296 e. The van der Waals surface area contributed by atoms with Crippen molar-refractivity contribution in [3.63, 3.8) is 0 Å². The molecule has 1 aromatic heterocycles. The number of nitrogens with one attached hydrogen (secondary N) is 2. The fourth-order valence-corrected chi connectivity index (χ4v) is 4.27. The Bertz CT molecular complexity index is 1100. The number of amides is 1. The first kappa shape index (κ1) is 19.2. The van der Waals surface area contributed by atoms with Crippen molar-refractivity contribution in [2.45, 2.75) is 11.8 Å².